The lowest BCUT2D eigenvalue weighted by molar-refractivity contribution is 0.450. The van der Waals surface area contributed by atoms with Gasteiger partial charge in [-0.3, -0.25) is 0 Å². The number of rotatable bonds is 3. The van der Waals surface area contributed by atoms with Crippen LogP contribution in [0, 0.1) is 27.9 Å². The second-order valence-electron chi connectivity index (χ2n) is 4.87. The predicted octanol–water partition coefficient (Wildman–Crippen LogP) is 5.88. The van der Waals surface area contributed by atoms with Gasteiger partial charge in [0.25, 0.3) is 0 Å². The minimum atomic E-state index is -1.50. The van der Waals surface area contributed by atoms with E-state index < -0.39 is 17.5 Å². The Morgan fingerprint density at radius 3 is 2.52 bits per heavy atom. The van der Waals surface area contributed by atoms with Crippen LogP contribution in [0.5, 0.6) is 0 Å². The minimum absolute atomic E-state index is 0.0996. The summed E-state index contributed by atoms with van der Waals surface area (Å²) in [4.78, 5) is 0.550. The molecule has 3 rings (SSSR count). The fourth-order valence-electron chi connectivity index (χ4n) is 2.17. The van der Waals surface area contributed by atoms with E-state index in [1.54, 1.807) is 12.1 Å². The molecule has 118 valence electrons. The number of anilines is 2. The van der Waals surface area contributed by atoms with Crippen molar-refractivity contribution in [3.05, 3.63) is 63.1 Å². The van der Waals surface area contributed by atoms with E-state index in [4.69, 9.17) is 0 Å². The maximum Gasteiger partial charge on any atom is 0.196 e. The topological polar surface area (TPSA) is 24.9 Å². The van der Waals surface area contributed by atoms with Gasteiger partial charge in [0.05, 0.1) is 10.6 Å². The average Bonchev–Trinajstić information content (AvgIpc) is 3.04. The molecule has 1 heterocycles. The highest BCUT2D eigenvalue weighted by Gasteiger charge is 2.21. The van der Waals surface area contributed by atoms with Crippen molar-refractivity contribution in [2.75, 3.05) is 5.32 Å². The predicted molar refractivity (Wildman–Crippen MR) is 94.6 cm³/mol. The van der Waals surface area contributed by atoms with Gasteiger partial charge < -0.3 is 5.32 Å². The molecule has 2 aromatic carbocycles. The van der Waals surface area contributed by atoms with Gasteiger partial charge in [0, 0.05) is 21.0 Å². The third-order valence-electron chi connectivity index (χ3n) is 3.31. The molecule has 23 heavy (non-hydrogen) atoms. The van der Waals surface area contributed by atoms with E-state index in [2.05, 4.69) is 32.3 Å². The Hall–Kier alpha value is -1.61. The van der Waals surface area contributed by atoms with Crippen molar-refractivity contribution in [3.8, 4) is 10.4 Å². The molecule has 0 atom stereocenters. The molecule has 0 radical (unpaired) electrons. The van der Waals surface area contributed by atoms with Crippen LogP contribution in [0.1, 0.15) is 5.56 Å². The van der Waals surface area contributed by atoms with Gasteiger partial charge >= 0.3 is 0 Å². The maximum absolute atomic E-state index is 14.3. The molecule has 0 unspecified atom stereocenters. The van der Waals surface area contributed by atoms with Crippen LogP contribution in [-0.2, 0) is 0 Å². The second kappa shape index (κ2) is 6.48. The third kappa shape index (κ3) is 3.20. The summed E-state index contributed by atoms with van der Waals surface area (Å²) in [5, 5.41) is 2.89. The van der Waals surface area contributed by atoms with E-state index in [1.807, 2.05) is 19.1 Å². The standard InChI is InChI=1S/C16H10F3IN2S/c1-8-6-9(20)2-3-12(8)22-16-10(13-4-5-21-23-13)7-11(17)14(18)15(16)19/h2-7,22H,1H3. The van der Waals surface area contributed by atoms with E-state index in [1.165, 1.54) is 6.20 Å². The highest BCUT2D eigenvalue weighted by Crippen LogP contribution is 2.37. The molecule has 0 aliphatic carbocycles. The fraction of sp³-hybridized carbons (Fsp3) is 0.0625. The third-order valence-corrected chi connectivity index (χ3v) is 4.76. The Morgan fingerprint density at radius 1 is 1.09 bits per heavy atom. The van der Waals surface area contributed by atoms with Gasteiger partial charge in [-0.15, -0.1) is 0 Å². The van der Waals surface area contributed by atoms with E-state index in [9.17, 15) is 13.2 Å². The van der Waals surface area contributed by atoms with E-state index in [0.29, 0.717) is 10.6 Å². The lowest BCUT2D eigenvalue weighted by Crippen LogP contribution is -2.03. The largest absolute Gasteiger partial charge is 0.352 e. The van der Waals surface area contributed by atoms with Gasteiger partial charge in [0.2, 0.25) is 0 Å². The number of aryl methyl sites for hydroxylation is 1. The lowest BCUT2D eigenvalue weighted by Gasteiger charge is -2.15. The number of hydrogen-bond donors (Lipinski definition) is 1. The highest BCUT2D eigenvalue weighted by molar-refractivity contribution is 14.1. The van der Waals surface area contributed by atoms with Crippen molar-refractivity contribution < 1.29 is 13.2 Å². The van der Waals surface area contributed by atoms with Crippen molar-refractivity contribution >= 4 is 45.5 Å². The molecular weight excluding hydrogens is 436 g/mol. The Kier molecular flexibility index (Phi) is 4.58. The van der Waals surface area contributed by atoms with Crippen molar-refractivity contribution in [1.82, 2.24) is 4.37 Å². The van der Waals surface area contributed by atoms with Gasteiger partial charge in [0.1, 0.15) is 0 Å². The van der Waals surface area contributed by atoms with Crippen LogP contribution in [0.4, 0.5) is 24.5 Å². The first-order valence-corrected chi connectivity index (χ1v) is 8.44. The van der Waals surface area contributed by atoms with Gasteiger partial charge in [-0.2, -0.15) is 0 Å². The zero-order valence-electron chi connectivity index (χ0n) is 11.8. The van der Waals surface area contributed by atoms with Crippen LogP contribution in [0.3, 0.4) is 0 Å². The van der Waals surface area contributed by atoms with Crippen LogP contribution < -0.4 is 5.32 Å². The molecule has 0 bridgehead atoms. The summed E-state index contributed by atoms with van der Waals surface area (Å²) in [6.07, 6.45) is 1.53. The number of aromatic nitrogens is 1. The normalized spacial score (nSPS) is 10.8. The first-order valence-electron chi connectivity index (χ1n) is 6.59. The SMILES string of the molecule is Cc1cc(I)ccc1Nc1c(-c2ccns2)cc(F)c(F)c1F. The number of nitrogens with one attached hydrogen (secondary N) is 1. The molecule has 0 amide bonds. The molecule has 0 aliphatic heterocycles. The Bertz CT molecular complexity index is 866. The molecular formula is C16H10F3IN2S. The minimum Gasteiger partial charge on any atom is -0.352 e. The summed E-state index contributed by atoms with van der Waals surface area (Å²) in [6, 6.07) is 8.14. The first-order chi connectivity index (χ1) is 11.0. The Balaban J connectivity index is 2.15. The highest BCUT2D eigenvalue weighted by atomic mass is 127. The first kappa shape index (κ1) is 16.3. The van der Waals surface area contributed by atoms with Crippen molar-refractivity contribution in [1.29, 1.82) is 0 Å². The summed E-state index contributed by atoms with van der Waals surface area (Å²) in [6.45, 7) is 1.86. The van der Waals surface area contributed by atoms with E-state index >= 15 is 0 Å². The monoisotopic (exact) mass is 446 g/mol. The molecule has 0 saturated heterocycles. The van der Waals surface area contributed by atoms with Gasteiger partial charge in [-0.05, 0) is 76.9 Å². The summed E-state index contributed by atoms with van der Waals surface area (Å²) >= 11 is 3.25. The summed E-state index contributed by atoms with van der Waals surface area (Å²) in [7, 11) is 0. The van der Waals surface area contributed by atoms with Crippen LogP contribution >= 0.6 is 34.1 Å². The molecule has 0 fully saturated rings. The Morgan fingerprint density at radius 2 is 1.87 bits per heavy atom. The van der Waals surface area contributed by atoms with E-state index in [-0.39, 0.29) is 11.3 Å². The van der Waals surface area contributed by atoms with Crippen molar-refractivity contribution in [2.24, 2.45) is 0 Å². The van der Waals surface area contributed by atoms with Crippen LogP contribution in [0.25, 0.3) is 10.4 Å². The van der Waals surface area contributed by atoms with E-state index in [0.717, 1.165) is 26.7 Å². The van der Waals surface area contributed by atoms with Crippen LogP contribution in [-0.4, -0.2) is 4.37 Å². The van der Waals surface area contributed by atoms with Gasteiger partial charge in [0.15, 0.2) is 17.5 Å². The number of halogens is 4. The quantitative estimate of drug-likeness (QED) is 0.401. The smallest absolute Gasteiger partial charge is 0.196 e. The second-order valence-corrected chi connectivity index (χ2v) is 6.95. The molecule has 0 spiro atoms. The van der Waals surface area contributed by atoms with Crippen LogP contribution in [0.15, 0.2) is 36.5 Å². The zero-order chi connectivity index (χ0) is 16.6. The fourth-order valence-corrected chi connectivity index (χ4v) is 3.43. The van der Waals surface area contributed by atoms with Crippen LogP contribution in [0.2, 0.25) is 0 Å². The van der Waals surface area contributed by atoms with Gasteiger partial charge in [-0.1, -0.05) is 0 Å². The molecule has 0 saturated carbocycles. The number of benzene rings is 2. The molecule has 1 aromatic heterocycles. The molecule has 2 nitrogen and oxygen atoms in total. The van der Waals surface area contributed by atoms with Crippen molar-refractivity contribution in [2.45, 2.75) is 6.92 Å². The summed E-state index contributed by atoms with van der Waals surface area (Å²) in [5.74, 6) is -3.97. The average molecular weight is 446 g/mol. The molecule has 3 aromatic rings. The summed E-state index contributed by atoms with van der Waals surface area (Å²) in [5.41, 5.74) is 1.64. The number of nitrogens with zero attached hydrogens (tertiary/aromatic N) is 1. The maximum atomic E-state index is 14.3. The summed E-state index contributed by atoms with van der Waals surface area (Å²) < 4.78 is 46.6. The van der Waals surface area contributed by atoms with Gasteiger partial charge in [-0.25, -0.2) is 17.5 Å². The lowest BCUT2D eigenvalue weighted by atomic mass is 10.1. The molecule has 1 N–H and O–H groups in total. The zero-order valence-corrected chi connectivity index (χ0v) is 14.8. The molecule has 7 heteroatoms. The Labute approximate surface area is 148 Å². The number of hydrogen-bond acceptors (Lipinski definition) is 3. The molecule has 0 aliphatic rings. The van der Waals surface area contributed by atoms with Crippen molar-refractivity contribution in [3.63, 3.8) is 0 Å².